The van der Waals surface area contributed by atoms with Gasteiger partial charge in [-0.05, 0) is 41.5 Å². The Labute approximate surface area is 141 Å². The van der Waals surface area contributed by atoms with Crippen LogP contribution in [0.5, 0.6) is 5.75 Å². The number of rotatable bonds is 3. The third-order valence-corrected chi connectivity index (χ3v) is 3.35. The van der Waals surface area contributed by atoms with E-state index in [4.69, 9.17) is 28.9 Å². The molecule has 2 aromatic carbocycles. The maximum absolute atomic E-state index is 12.1. The fraction of sp³-hybridized carbons (Fsp3) is 0.143. The Morgan fingerprint density at radius 1 is 1.00 bits per heavy atom. The van der Waals surface area contributed by atoms with E-state index in [0.717, 1.165) is 0 Å². The molecule has 2 aromatic rings. The summed E-state index contributed by atoms with van der Waals surface area (Å²) < 4.78 is 40.0. The third-order valence-electron chi connectivity index (χ3n) is 2.77. The topological polar surface area (TPSA) is 35.2 Å². The van der Waals surface area contributed by atoms with Crippen LogP contribution >= 0.6 is 35.6 Å². The van der Waals surface area contributed by atoms with Gasteiger partial charge >= 0.3 is 6.36 Å². The predicted molar refractivity (Wildman–Crippen MR) is 82.9 cm³/mol. The molecule has 0 saturated carbocycles. The molecule has 0 bridgehead atoms. The molecule has 22 heavy (non-hydrogen) atoms. The van der Waals surface area contributed by atoms with Crippen LogP contribution in [0.15, 0.2) is 42.5 Å². The van der Waals surface area contributed by atoms with Crippen LogP contribution in [-0.2, 0) is 0 Å². The van der Waals surface area contributed by atoms with Gasteiger partial charge in [-0.25, -0.2) is 0 Å². The molecule has 2 rings (SSSR count). The van der Waals surface area contributed by atoms with Crippen molar-refractivity contribution >= 4 is 35.6 Å². The highest BCUT2D eigenvalue weighted by atomic mass is 35.5. The first-order chi connectivity index (χ1) is 9.76. The average Bonchev–Trinajstić information content (AvgIpc) is 2.40. The summed E-state index contributed by atoms with van der Waals surface area (Å²) in [7, 11) is 0. The van der Waals surface area contributed by atoms with Gasteiger partial charge in [0.2, 0.25) is 0 Å². The molecule has 2 N–H and O–H groups in total. The third kappa shape index (κ3) is 4.95. The van der Waals surface area contributed by atoms with E-state index in [9.17, 15) is 13.2 Å². The first kappa shape index (κ1) is 18.9. The maximum Gasteiger partial charge on any atom is 0.573 e. The van der Waals surface area contributed by atoms with Crippen molar-refractivity contribution in [1.29, 1.82) is 0 Å². The molecule has 2 nitrogen and oxygen atoms in total. The van der Waals surface area contributed by atoms with Gasteiger partial charge < -0.3 is 10.5 Å². The molecule has 0 aliphatic rings. The normalized spacial score (nSPS) is 12.5. The van der Waals surface area contributed by atoms with Gasteiger partial charge in [0.15, 0.2) is 0 Å². The number of alkyl halides is 3. The Morgan fingerprint density at radius 3 is 2.14 bits per heavy atom. The van der Waals surface area contributed by atoms with E-state index in [1.807, 2.05) is 0 Å². The zero-order chi connectivity index (χ0) is 15.6. The SMILES string of the molecule is Cl.N[C@H](c1ccc(OC(F)(F)F)cc1)c1cc(Cl)ccc1Cl. The van der Waals surface area contributed by atoms with Crippen molar-refractivity contribution in [2.75, 3.05) is 0 Å². The van der Waals surface area contributed by atoms with Crippen LogP contribution in [0.2, 0.25) is 10.0 Å². The molecule has 0 radical (unpaired) electrons. The number of hydrogen-bond acceptors (Lipinski definition) is 2. The van der Waals surface area contributed by atoms with Crippen molar-refractivity contribution in [3.63, 3.8) is 0 Å². The molecular formula is C14H11Cl3F3NO. The van der Waals surface area contributed by atoms with Gasteiger partial charge in [0.1, 0.15) is 5.75 Å². The molecule has 0 aliphatic heterocycles. The van der Waals surface area contributed by atoms with Crippen LogP contribution in [0.4, 0.5) is 13.2 Å². The molecular weight excluding hydrogens is 362 g/mol. The minimum absolute atomic E-state index is 0. The van der Waals surface area contributed by atoms with Crippen molar-refractivity contribution < 1.29 is 17.9 Å². The highest BCUT2D eigenvalue weighted by molar-refractivity contribution is 6.33. The second-order valence-corrected chi connectivity index (χ2v) is 5.10. The zero-order valence-electron chi connectivity index (χ0n) is 10.9. The minimum atomic E-state index is -4.72. The Bertz CT molecular complexity index is 632. The monoisotopic (exact) mass is 371 g/mol. The van der Waals surface area contributed by atoms with Crippen LogP contribution in [0, 0.1) is 0 Å². The average molecular weight is 373 g/mol. The lowest BCUT2D eigenvalue weighted by molar-refractivity contribution is -0.274. The van der Waals surface area contributed by atoms with Crippen LogP contribution in [0.25, 0.3) is 0 Å². The Morgan fingerprint density at radius 2 is 1.59 bits per heavy atom. The van der Waals surface area contributed by atoms with Gasteiger partial charge in [-0.15, -0.1) is 25.6 Å². The molecule has 0 amide bonds. The summed E-state index contributed by atoms with van der Waals surface area (Å²) >= 11 is 11.9. The van der Waals surface area contributed by atoms with Gasteiger partial charge in [0.05, 0.1) is 6.04 Å². The lowest BCUT2D eigenvalue weighted by Gasteiger charge is -2.15. The van der Waals surface area contributed by atoms with Crippen LogP contribution in [-0.4, -0.2) is 6.36 Å². The Balaban J connectivity index is 0.00000242. The Kier molecular flexibility index (Phi) is 6.38. The van der Waals surface area contributed by atoms with E-state index in [0.29, 0.717) is 21.2 Å². The molecule has 0 saturated heterocycles. The lowest BCUT2D eigenvalue weighted by atomic mass is 9.99. The van der Waals surface area contributed by atoms with Crippen molar-refractivity contribution in [3.8, 4) is 5.75 Å². The largest absolute Gasteiger partial charge is 0.573 e. The first-order valence-corrected chi connectivity index (χ1v) is 6.58. The van der Waals surface area contributed by atoms with E-state index in [1.165, 1.54) is 24.3 Å². The van der Waals surface area contributed by atoms with Gasteiger partial charge in [0.25, 0.3) is 0 Å². The number of nitrogens with two attached hydrogens (primary N) is 1. The van der Waals surface area contributed by atoms with Crippen molar-refractivity contribution in [2.45, 2.75) is 12.4 Å². The quantitative estimate of drug-likeness (QED) is 0.787. The predicted octanol–water partition coefficient (Wildman–Crippen LogP) is 5.36. The van der Waals surface area contributed by atoms with Crippen LogP contribution in [0.3, 0.4) is 0 Å². The maximum atomic E-state index is 12.1. The van der Waals surface area contributed by atoms with E-state index in [2.05, 4.69) is 4.74 Å². The fourth-order valence-electron chi connectivity index (χ4n) is 1.81. The Hall–Kier alpha value is -1.14. The van der Waals surface area contributed by atoms with E-state index in [-0.39, 0.29) is 18.2 Å². The van der Waals surface area contributed by atoms with Crippen molar-refractivity contribution in [1.82, 2.24) is 0 Å². The van der Waals surface area contributed by atoms with Gasteiger partial charge in [-0.3, -0.25) is 0 Å². The summed E-state index contributed by atoms with van der Waals surface area (Å²) in [6.45, 7) is 0. The molecule has 0 spiro atoms. The van der Waals surface area contributed by atoms with Crippen LogP contribution in [0.1, 0.15) is 17.2 Å². The van der Waals surface area contributed by atoms with Crippen molar-refractivity contribution in [3.05, 3.63) is 63.6 Å². The number of halogens is 6. The highest BCUT2D eigenvalue weighted by Gasteiger charge is 2.31. The second kappa shape index (κ2) is 7.42. The molecule has 120 valence electrons. The van der Waals surface area contributed by atoms with Crippen LogP contribution < -0.4 is 10.5 Å². The molecule has 1 atom stereocenters. The molecule has 8 heteroatoms. The first-order valence-electron chi connectivity index (χ1n) is 5.82. The number of benzene rings is 2. The summed E-state index contributed by atoms with van der Waals surface area (Å²) in [5.74, 6) is -0.310. The summed E-state index contributed by atoms with van der Waals surface area (Å²) in [6.07, 6.45) is -4.72. The summed E-state index contributed by atoms with van der Waals surface area (Å²) in [5.41, 5.74) is 7.24. The molecule has 0 fully saturated rings. The molecule has 0 aliphatic carbocycles. The summed E-state index contributed by atoms with van der Waals surface area (Å²) in [6, 6.07) is 9.54. The highest BCUT2D eigenvalue weighted by Crippen LogP contribution is 2.30. The number of ether oxygens (including phenoxy) is 1. The lowest BCUT2D eigenvalue weighted by Crippen LogP contribution is -2.17. The molecule has 0 aromatic heterocycles. The van der Waals surface area contributed by atoms with Crippen molar-refractivity contribution in [2.24, 2.45) is 5.73 Å². The fourth-order valence-corrected chi connectivity index (χ4v) is 2.22. The van der Waals surface area contributed by atoms with E-state index >= 15 is 0 Å². The van der Waals surface area contributed by atoms with Gasteiger partial charge in [0, 0.05) is 10.0 Å². The smallest absolute Gasteiger partial charge is 0.406 e. The van der Waals surface area contributed by atoms with Gasteiger partial charge in [-0.1, -0.05) is 35.3 Å². The molecule has 0 heterocycles. The van der Waals surface area contributed by atoms with E-state index < -0.39 is 12.4 Å². The second-order valence-electron chi connectivity index (χ2n) is 4.26. The number of hydrogen-bond donors (Lipinski definition) is 1. The molecule has 0 unspecified atom stereocenters. The summed E-state index contributed by atoms with van der Waals surface area (Å²) in [5, 5.41) is 0.907. The standard InChI is InChI=1S/C14H10Cl2F3NO.ClH/c15-9-3-6-12(16)11(7-9)13(20)8-1-4-10(5-2-8)21-14(17,18)19;/h1-7,13H,20H2;1H/t13-;/m1./s1. The van der Waals surface area contributed by atoms with E-state index in [1.54, 1.807) is 18.2 Å². The zero-order valence-corrected chi connectivity index (χ0v) is 13.2. The van der Waals surface area contributed by atoms with Gasteiger partial charge in [-0.2, -0.15) is 0 Å². The summed E-state index contributed by atoms with van der Waals surface area (Å²) in [4.78, 5) is 0. The minimum Gasteiger partial charge on any atom is -0.406 e.